The summed E-state index contributed by atoms with van der Waals surface area (Å²) < 4.78 is 6.98. The molecule has 0 atom stereocenters. The molecule has 83 valence electrons. The highest BCUT2D eigenvalue weighted by Gasteiger charge is 2.04. The topological polar surface area (TPSA) is 44.1 Å². The van der Waals surface area contributed by atoms with Gasteiger partial charge in [0.2, 0.25) is 0 Å². The van der Waals surface area contributed by atoms with Crippen molar-refractivity contribution in [3.8, 4) is 0 Å². The van der Waals surface area contributed by atoms with Crippen LogP contribution in [0.5, 0.6) is 0 Å². The molecule has 0 N–H and O–H groups in total. The molecule has 1 rings (SSSR count). The molecule has 4 heteroatoms. The quantitative estimate of drug-likeness (QED) is 0.530. The van der Waals surface area contributed by atoms with Gasteiger partial charge in [-0.25, -0.2) is 4.98 Å². The molecule has 0 unspecified atom stereocenters. The monoisotopic (exact) mass is 209 g/mol. The second-order valence-electron chi connectivity index (χ2n) is 3.74. The molecule has 0 bridgehead atoms. The van der Waals surface area contributed by atoms with Crippen molar-refractivity contribution in [2.45, 2.75) is 45.8 Å². The van der Waals surface area contributed by atoms with Gasteiger partial charge in [-0.05, 0) is 26.7 Å². The lowest BCUT2D eigenvalue weighted by Crippen LogP contribution is -2.11. The Balaban J connectivity index is 2.04. The summed E-state index contributed by atoms with van der Waals surface area (Å²) in [5.74, 6) is -0.109. The van der Waals surface area contributed by atoms with Gasteiger partial charge in [-0.1, -0.05) is 0 Å². The SMILES string of the molecule is CC(C)OC(=O)CCCCn1c[c]nc1. The third-order valence-corrected chi connectivity index (χ3v) is 1.92. The minimum Gasteiger partial charge on any atom is -0.463 e. The summed E-state index contributed by atoms with van der Waals surface area (Å²) in [4.78, 5) is 15.0. The summed E-state index contributed by atoms with van der Waals surface area (Å²) in [5.41, 5.74) is 0. The number of ether oxygens (including phenoxy) is 1. The highest BCUT2D eigenvalue weighted by Crippen LogP contribution is 2.02. The summed E-state index contributed by atoms with van der Waals surface area (Å²) in [6, 6.07) is 0. The van der Waals surface area contributed by atoms with Crippen LogP contribution in [0.4, 0.5) is 0 Å². The van der Waals surface area contributed by atoms with Crippen LogP contribution >= 0.6 is 0 Å². The van der Waals surface area contributed by atoms with Crippen molar-refractivity contribution in [2.24, 2.45) is 0 Å². The number of unbranched alkanes of at least 4 members (excludes halogenated alkanes) is 1. The van der Waals surface area contributed by atoms with Crippen molar-refractivity contribution >= 4 is 5.97 Å². The van der Waals surface area contributed by atoms with Crippen LogP contribution in [0.1, 0.15) is 33.1 Å². The molecular weight excluding hydrogens is 192 g/mol. The number of aromatic nitrogens is 2. The molecule has 1 radical (unpaired) electrons. The maximum absolute atomic E-state index is 11.2. The molecule has 1 aromatic rings. The fraction of sp³-hybridized carbons (Fsp3) is 0.636. The van der Waals surface area contributed by atoms with Crippen LogP contribution in [0.15, 0.2) is 12.5 Å². The summed E-state index contributed by atoms with van der Waals surface area (Å²) in [5, 5.41) is 0. The molecule has 0 amide bonds. The average molecular weight is 209 g/mol. The second-order valence-corrected chi connectivity index (χ2v) is 3.74. The van der Waals surface area contributed by atoms with Gasteiger partial charge >= 0.3 is 5.97 Å². The maximum atomic E-state index is 11.2. The Morgan fingerprint density at radius 3 is 2.93 bits per heavy atom. The predicted molar refractivity (Wildman–Crippen MR) is 56.1 cm³/mol. The van der Waals surface area contributed by atoms with E-state index in [9.17, 15) is 4.79 Å². The molecular formula is C11H17N2O2. The first-order valence-corrected chi connectivity index (χ1v) is 5.26. The Kier molecular flexibility index (Phi) is 4.87. The summed E-state index contributed by atoms with van der Waals surface area (Å²) in [7, 11) is 0. The largest absolute Gasteiger partial charge is 0.463 e. The molecule has 4 nitrogen and oxygen atoms in total. The number of nitrogens with zero attached hydrogens (tertiary/aromatic N) is 2. The van der Waals surface area contributed by atoms with Gasteiger partial charge in [0.15, 0.2) is 0 Å². The molecule has 15 heavy (non-hydrogen) atoms. The standard InChI is InChI=1S/C11H17N2O2/c1-10(2)15-11(14)5-3-4-7-13-8-6-12-9-13/h8-10H,3-5,7H2,1-2H3. The van der Waals surface area contributed by atoms with Crippen LogP contribution in [0.25, 0.3) is 0 Å². The van der Waals surface area contributed by atoms with E-state index >= 15 is 0 Å². The van der Waals surface area contributed by atoms with E-state index in [1.807, 2.05) is 18.4 Å². The molecule has 0 aliphatic carbocycles. The molecule has 1 aromatic heterocycles. The normalized spacial score (nSPS) is 10.6. The maximum Gasteiger partial charge on any atom is 0.306 e. The lowest BCUT2D eigenvalue weighted by molar-refractivity contribution is -0.147. The van der Waals surface area contributed by atoms with E-state index in [1.165, 1.54) is 0 Å². The van der Waals surface area contributed by atoms with Crippen molar-refractivity contribution < 1.29 is 9.53 Å². The van der Waals surface area contributed by atoms with E-state index in [0.717, 1.165) is 19.4 Å². The van der Waals surface area contributed by atoms with E-state index < -0.39 is 0 Å². The van der Waals surface area contributed by atoms with E-state index in [1.54, 1.807) is 12.5 Å². The van der Waals surface area contributed by atoms with Gasteiger partial charge in [-0.15, -0.1) is 0 Å². The van der Waals surface area contributed by atoms with Crippen molar-refractivity contribution in [1.29, 1.82) is 0 Å². The Bertz CT molecular complexity index is 281. The second kappa shape index (κ2) is 6.22. The van der Waals surface area contributed by atoms with Crippen molar-refractivity contribution in [3.63, 3.8) is 0 Å². The smallest absolute Gasteiger partial charge is 0.306 e. The first kappa shape index (κ1) is 11.8. The first-order chi connectivity index (χ1) is 7.18. The van der Waals surface area contributed by atoms with Gasteiger partial charge in [0.05, 0.1) is 12.4 Å². The Hall–Kier alpha value is -1.32. The van der Waals surface area contributed by atoms with E-state index in [0.29, 0.717) is 6.42 Å². The van der Waals surface area contributed by atoms with Crippen LogP contribution in [0.2, 0.25) is 0 Å². The van der Waals surface area contributed by atoms with Gasteiger partial charge in [0.25, 0.3) is 0 Å². The van der Waals surface area contributed by atoms with Crippen LogP contribution in [-0.2, 0) is 16.1 Å². The van der Waals surface area contributed by atoms with Crippen LogP contribution in [-0.4, -0.2) is 21.6 Å². The fourth-order valence-corrected chi connectivity index (χ4v) is 1.26. The fourth-order valence-electron chi connectivity index (χ4n) is 1.26. The highest BCUT2D eigenvalue weighted by molar-refractivity contribution is 5.69. The summed E-state index contributed by atoms with van der Waals surface area (Å²) >= 11 is 0. The van der Waals surface area contributed by atoms with E-state index in [4.69, 9.17) is 4.74 Å². The first-order valence-electron chi connectivity index (χ1n) is 5.26. The molecule has 0 saturated carbocycles. The van der Waals surface area contributed by atoms with Crippen LogP contribution in [0.3, 0.4) is 0 Å². The lowest BCUT2D eigenvalue weighted by atomic mass is 10.2. The number of rotatable bonds is 6. The van der Waals surface area contributed by atoms with Crippen molar-refractivity contribution in [2.75, 3.05) is 0 Å². The average Bonchev–Trinajstić information content (AvgIpc) is 2.63. The Morgan fingerprint density at radius 1 is 1.53 bits per heavy atom. The van der Waals surface area contributed by atoms with Gasteiger partial charge in [-0.3, -0.25) is 4.79 Å². The molecule has 0 aliphatic rings. The van der Waals surface area contributed by atoms with Gasteiger partial charge in [0.1, 0.15) is 6.20 Å². The third-order valence-electron chi connectivity index (χ3n) is 1.92. The van der Waals surface area contributed by atoms with E-state index in [-0.39, 0.29) is 12.1 Å². The number of carbonyl (C=O) groups is 1. The number of aryl methyl sites for hydroxylation is 1. The van der Waals surface area contributed by atoms with Crippen LogP contribution < -0.4 is 0 Å². The minimum atomic E-state index is -0.109. The third kappa shape index (κ3) is 5.20. The van der Waals surface area contributed by atoms with Gasteiger partial charge in [0, 0.05) is 19.2 Å². The number of hydrogen-bond acceptors (Lipinski definition) is 3. The Labute approximate surface area is 90.3 Å². The van der Waals surface area contributed by atoms with E-state index in [2.05, 4.69) is 11.2 Å². The molecule has 0 aromatic carbocycles. The number of carbonyl (C=O) groups excluding carboxylic acids is 1. The number of hydrogen-bond donors (Lipinski definition) is 0. The predicted octanol–water partition coefficient (Wildman–Crippen LogP) is 1.81. The Morgan fingerprint density at radius 2 is 2.33 bits per heavy atom. The molecule has 0 aliphatic heterocycles. The van der Waals surface area contributed by atoms with Crippen molar-refractivity contribution in [1.82, 2.24) is 9.55 Å². The zero-order chi connectivity index (χ0) is 11.1. The minimum absolute atomic E-state index is 0.0132. The molecule has 0 saturated heterocycles. The molecule has 0 spiro atoms. The summed E-state index contributed by atoms with van der Waals surface area (Å²) in [6.45, 7) is 4.60. The zero-order valence-corrected chi connectivity index (χ0v) is 9.27. The zero-order valence-electron chi connectivity index (χ0n) is 9.27. The molecule has 1 heterocycles. The molecule has 0 fully saturated rings. The highest BCUT2D eigenvalue weighted by atomic mass is 16.5. The van der Waals surface area contributed by atoms with Crippen LogP contribution in [0, 0.1) is 6.20 Å². The number of imidazole rings is 1. The lowest BCUT2D eigenvalue weighted by Gasteiger charge is -2.07. The van der Waals surface area contributed by atoms with Gasteiger partial charge in [-0.2, -0.15) is 0 Å². The van der Waals surface area contributed by atoms with Crippen molar-refractivity contribution in [3.05, 3.63) is 18.7 Å². The summed E-state index contributed by atoms with van der Waals surface area (Å²) in [6.07, 6.45) is 8.54. The van der Waals surface area contributed by atoms with Gasteiger partial charge < -0.3 is 9.30 Å². The number of esters is 1.